The first-order valence-electron chi connectivity index (χ1n) is 35.4. The van der Waals surface area contributed by atoms with Gasteiger partial charge in [-0.05, 0) is 207 Å². The van der Waals surface area contributed by atoms with Gasteiger partial charge in [-0.1, -0.05) is 302 Å². The molecule has 500 valence electrons. The summed E-state index contributed by atoms with van der Waals surface area (Å²) in [7, 11) is 0. The summed E-state index contributed by atoms with van der Waals surface area (Å²) >= 11 is 2.37. The molecular weight excluding hydrogens is 1380 g/mol. The minimum atomic E-state index is -0.117. The van der Waals surface area contributed by atoms with Crippen molar-refractivity contribution in [3.05, 3.63) is 378 Å². The molecule has 2 heterocycles. The molecule has 0 atom stereocenters. The van der Waals surface area contributed by atoms with Crippen molar-refractivity contribution in [1.82, 2.24) is 0 Å². The lowest BCUT2D eigenvalue weighted by Crippen LogP contribution is -2.16. The summed E-state index contributed by atoms with van der Waals surface area (Å²) in [5.41, 5.74) is 29.8. The summed E-state index contributed by atoms with van der Waals surface area (Å²) in [5.74, 6) is 0. The van der Waals surface area contributed by atoms with E-state index in [1.54, 1.807) is 0 Å². The zero-order valence-electron chi connectivity index (χ0n) is 57.6. The van der Waals surface area contributed by atoms with Crippen LogP contribution in [0.5, 0.6) is 0 Å². The van der Waals surface area contributed by atoms with E-state index in [2.05, 4.69) is 394 Å². The molecule has 104 heavy (non-hydrogen) atoms. The average Bonchev–Trinajstić information content (AvgIpc) is 1.56. The first kappa shape index (κ1) is 65.3. The van der Waals surface area contributed by atoms with E-state index in [0.717, 1.165) is 72.3 Å². The molecule has 0 radical (unpaired) electrons. The number of rotatable bonds is 9. The number of nitrogens with zero attached hydrogens (tertiary/aromatic N) is 1. The van der Waals surface area contributed by atoms with E-state index >= 15 is 0 Å². The van der Waals surface area contributed by atoms with Gasteiger partial charge >= 0.3 is 0 Å². The number of anilines is 5. The number of hydrogen-bond donors (Lipinski definition) is 1. The highest BCUT2D eigenvalue weighted by Crippen LogP contribution is 2.53. The number of halogens is 1. The molecule has 0 spiro atoms. The first-order chi connectivity index (χ1) is 50.5. The number of furan rings is 2. The van der Waals surface area contributed by atoms with Crippen molar-refractivity contribution < 1.29 is 8.83 Å². The fourth-order valence-corrected chi connectivity index (χ4v) is 16.7. The molecule has 16 aromatic carbocycles. The number of hydrogen-bond acceptors (Lipinski definition) is 4. The van der Waals surface area contributed by atoms with Crippen LogP contribution in [-0.4, -0.2) is 0 Å². The largest absolute Gasteiger partial charge is 0.455 e. The lowest BCUT2D eigenvalue weighted by Gasteiger charge is -2.29. The zero-order chi connectivity index (χ0) is 69.3. The molecule has 1 N–H and O–H groups in total. The average molecular weight is 1450 g/mol. The van der Waals surface area contributed by atoms with Crippen LogP contribution in [0.25, 0.3) is 132 Å². The minimum Gasteiger partial charge on any atom is -0.455 e. The molecule has 18 aromatic rings. The second-order valence-electron chi connectivity index (χ2n) is 28.1. The van der Waals surface area contributed by atoms with E-state index in [1.165, 1.54) is 114 Å². The van der Waals surface area contributed by atoms with Crippen molar-refractivity contribution in [2.75, 3.05) is 10.2 Å². The third-order valence-corrected chi connectivity index (χ3v) is 22.2. The standard InChI is InChI=1S/C49H35NO.C33H27N.C16H9IO.CH4/c1-49(2)43-16-8-6-14-39(43)40-30-28-38(31-44(40)49)50(37-26-23-35(24-27-37)34-21-19-33(20-22-34)32-11-4-3-5-12-32)45-17-10-13-36-25-29-42-41-15-7-9-18-46(41)51-48(42)47(36)45;1-33(2)31-11-7-6-10-29(31)30-21-20-28(22-32(30)33)34-27-18-16-26(17-19-27)25-14-12-24(13-15-25)23-8-4-3-5-9-23;17-13-6-3-4-10-8-9-12-11-5-1-2-7-14(11)18-16(12)15(10)13;/h3-31H,1-2H3;3-22,34H,1-2H3;1-9H;1H4. The van der Waals surface area contributed by atoms with Crippen LogP contribution in [0.2, 0.25) is 0 Å². The zero-order valence-corrected chi connectivity index (χ0v) is 59.8. The molecule has 20 rings (SSSR count). The van der Waals surface area contributed by atoms with Crippen LogP contribution in [0.1, 0.15) is 57.4 Å². The first-order valence-corrected chi connectivity index (χ1v) is 36.5. The maximum Gasteiger partial charge on any atom is 0.145 e. The van der Waals surface area contributed by atoms with Crippen molar-refractivity contribution in [2.24, 2.45) is 0 Å². The van der Waals surface area contributed by atoms with E-state index in [4.69, 9.17) is 8.83 Å². The molecule has 0 aliphatic heterocycles. The van der Waals surface area contributed by atoms with Gasteiger partial charge < -0.3 is 19.1 Å². The Labute approximate surface area is 621 Å². The summed E-state index contributed by atoms with van der Waals surface area (Å²) in [6.07, 6.45) is 0. The fraction of sp³-hybridized carbons (Fsp3) is 0.0707. The van der Waals surface area contributed by atoms with Gasteiger partial charge in [0.05, 0.1) is 5.69 Å². The van der Waals surface area contributed by atoms with Gasteiger partial charge in [0.25, 0.3) is 0 Å². The molecule has 2 aliphatic carbocycles. The number of benzene rings is 16. The number of para-hydroxylation sites is 2. The van der Waals surface area contributed by atoms with Gasteiger partial charge in [-0.2, -0.15) is 0 Å². The highest BCUT2D eigenvalue weighted by atomic mass is 127. The lowest BCUT2D eigenvalue weighted by molar-refractivity contribution is 0.660. The van der Waals surface area contributed by atoms with Crippen LogP contribution < -0.4 is 10.2 Å². The van der Waals surface area contributed by atoms with Crippen LogP contribution in [-0.2, 0) is 10.8 Å². The van der Waals surface area contributed by atoms with Gasteiger partial charge in [-0.25, -0.2) is 0 Å². The van der Waals surface area contributed by atoms with E-state index in [0.29, 0.717) is 0 Å². The molecule has 2 aliphatic rings. The van der Waals surface area contributed by atoms with Crippen molar-refractivity contribution >= 4 is 116 Å². The van der Waals surface area contributed by atoms with Crippen molar-refractivity contribution in [2.45, 2.75) is 46.0 Å². The number of fused-ring (bicyclic) bond motifs is 16. The Morgan fingerprint density at radius 2 is 0.673 bits per heavy atom. The summed E-state index contributed by atoms with van der Waals surface area (Å²) in [4.78, 5) is 2.41. The van der Waals surface area contributed by atoms with Gasteiger partial charge in [-0.3, -0.25) is 0 Å². The van der Waals surface area contributed by atoms with E-state index in [-0.39, 0.29) is 18.3 Å². The summed E-state index contributed by atoms with van der Waals surface area (Å²) in [6.45, 7) is 9.33. The highest BCUT2D eigenvalue weighted by molar-refractivity contribution is 14.1. The SMILES string of the molecule is C.CC1(C)c2ccccc2-c2ccc(N(c3ccc(-c4ccc(-c5ccccc5)cc4)cc3)c3cccc4ccc5c6ccccc6oc5c34)cc21.CC1(C)c2ccccc2-c2ccc(Nc3ccc(-c4ccc(-c5ccccc5)cc4)cc3)cc21.Ic1cccc2ccc3c4ccccc4oc3c12. The molecule has 0 amide bonds. The Balaban J connectivity index is 0.000000129. The lowest BCUT2D eigenvalue weighted by atomic mass is 9.82. The maximum atomic E-state index is 6.67. The highest BCUT2D eigenvalue weighted by Gasteiger charge is 2.37. The molecule has 0 saturated carbocycles. The second-order valence-corrected chi connectivity index (χ2v) is 29.3. The van der Waals surface area contributed by atoms with Crippen LogP contribution in [0.15, 0.2) is 361 Å². The minimum absolute atomic E-state index is 0. The Kier molecular flexibility index (Phi) is 16.8. The predicted molar refractivity (Wildman–Crippen MR) is 450 cm³/mol. The molecule has 4 nitrogen and oxygen atoms in total. The normalized spacial score (nSPS) is 12.7. The van der Waals surface area contributed by atoms with E-state index in [9.17, 15) is 0 Å². The van der Waals surface area contributed by atoms with Crippen molar-refractivity contribution in [3.63, 3.8) is 0 Å². The van der Waals surface area contributed by atoms with Crippen molar-refractivity contribution in [1.29, 1.82) is 0 Å². The number of nitrogens with one attached hydrogen (secondary N) is 1. The summed E-state index contributed by atoms with van der Waals surface area (Å²) in [5, 5.41) is 13.0. The Morgan fingerprint density at radius 1 is 0.288 bits per heavy atom. The monoisotopic (exact) mass is 1450 g/mol. The third-order valence-electron chi connectivity index (χ3n) is 21.3. The topological polar surface area (TPSA) is 41.6 Å². The van der Waals surface area contributed by atoms with Gasteiger partial charge in [0.15, 0.2) is 0 Å². The maximum absolute atomic E-state index is 6.67. The molecule has 0 fully saturated rings. The second kappa shape index (κ2) is 26.7. The fourth-order valence-electron chi connectivity index (χ4n) is 16.0. The quantitative estimate of drug-likeness (QED) is 0.146. The Morgan fingerprint density at radius 3 is 1.20 bits per heavy atom. The van der Waals surface area contributed by atoms with Gasteiger partial charge in [0.2, 0.25) is 0 Å². The van der Waals surface area contributed by atoms with E-state index in [1.807, 2.05) is 18.2 Å². The van der Waals surface area contributed by atoms with Crippen LogP contribution in [0.3, 0.4) is 0 Å². The molecule has 0 saturated heterocycles. The van der Waals surface area contributed by atoms with Gasteiger partial charge in [-0.15, -0.1) is 0 Å². The van der Waals surface area contributed by atoms with Crippen LogP contribution in [0, 0.1) is 3.57 Å². The molecular formula is C99H75IN2O2. The summed E-state index contributed by atoms with van der Waals surface area (Å²) < 4.78 is 13.9. The smallest absolute Gasteiger partial charge is 0.145 e. The predicted octanol–water partition coefficient (Wildman–Crippen LogP) is 28.9. The van der Waals surface area contributed by atoms with Crippen molar-refractivity contribution in [3.8, 4) is 66.8 Å². The van der Waals surface area contributed by atoms with Gasteiger partial charge in [0, 0.05) is 69.5 Å². The Bertz CT molecular complexity index is 6250. The molecule has 5 heteroatoms. The molecule has 0 bridgehead atoms. The van der Waals surface area contributed by atoms with Gasteiger partial charge in [0.1, 0.15) is 22.3 Å². The Hall–Kier alpha value is -12.0. The van der Waals surface area contributed by atoms with E-state index < -0.39 is 0 Å². The summed E-state index contributed by atoms with van der Waals surface area (Å²) in [6, 6.07) is 126. The molecule has 2 aromatic heterocycles. The van der Waals surface area contributed by atoms with Crippen LogP contribution >= 0.6 is 22.6 Å². The third kappa shape index (κ3) is 11.6. The molecule has 0 unspecified atom stereocenters. The van der Waals surface area contributed by atoms with Crippen LogP contribution in [0.4, 0.5) is 28.4 Å².